The van der Waals surface area contributed by atoms with Gasteiger partial charge in [0.1, 0.15) is 5.82 Å². The summed E-state index contributed by atoms with van der Waals surface area (Å²) in [6.45, 7) is 0.947. The van der Waals surface area contributed by atoms with Crippen LogP contribution in [0.3, 0.4) is 0 Å². The van der Waals surface area contributed by atoms with Crippen LogP contribution in [0, 0.1) is 5.82 Å². The normalized spacial score (nSPS) is 10.5. The molecule has 1 N–H and O–H groups in total. The molecule has 0 unspecified atom stereocenters. The van der Waals surface area contributed by atoms with E-state index in [0.29, 0.717) is 18.7 Å². The van der Waals surface area contributed by atoms with Gasteiger partial charge in [-0.2, -0.15) is 10.2 Å². The van der Waals surface area contributed by atoms with Gasteiger partial charge in [0, 0.05) is 24.8 Å². The topological polar surface area (TPSA) is 37.8 Å². The molecule has 2 rings (SSSR count). The van der Waals surface area contributed by atoms with E-state index in [1.54, 1.807) is 18.3 Å². The van der Waals surface area contributed by atoms with Gasteiger partial charge in [-0.1, -0.05) is 23.7 Å². The highest BCUT2D eigenvalue weighted by molar-refractivity contribution is 6.30. The molecular formula is C12H11ClFN3. The van der Waals surface area contributed by atoms with E-state index in [1.807, 2.05) is 12.1 Å². The van der Waals surface area contributed by atoms with Crippen molar-refractivity contribution in [3.8, 4) is 0 Å². The van der Waals surface area contributed by atoms with E-state index >= 15 is 0 Å². The van der Waals surface area contributed by atoms with E-state index in [0.717, 1.165) is 5.69 Å². The lowest BCUT2D eigenvalue weighted by atomic mass is 10.2. The van der Waals surface area contributed by atoms with Crippen molar-refractivity contribution < 1.29 is 4.39 Å². The third-order valence-corrected chi connectivity index (χ3v) is 2.57. The Morgan fingerprint density at radius 1 is 1.18 bits per heavy atom. The van der Waals surface area contributed by atoms with Gasteiger partial charge in [0.2, 0.25) is 0 Å². The zero-order valence-electron chi connectivity index (χ0n) is 9.03. The smallest absolute Gasteiger partial charge is 0.146 e. The van der Waals surface area contributed by atoms with Crippen molar-refractivity contribution in [1.29, 1.82) is 0 Å². The molecule has 1 heterocycles. The summed E-state index contributed by atoms with van der Waals surface area (Å²) < 4.78 is 13.5. The molecule has 0 fully saturated rings. The van der Waals surface area contributed by atoms with Crippen LogP contribution in [0.1, 0.15) is 11.3 Å². The molecule has 17 heavy (non-hydrogen) atoms. The lowest BCUT2D eigenvalue weighted by molar-refractivity contribution is 0.585. The van der Waals surface area contributed by atoms with Crippen molar-refractivity contribution in [2.24, 2.45) is 0 Å². The van der Waals surface area contributed by atoms with E-state index in [1.165, 1.54) is 6.07 Å². The number of nitrogens with zero attached hydrogens (tertiary/aromatic N) is 2. The van der Waals surface area contributed by atoms with E-state index < -0.39 is 0 Å². The van der Waals surface area contributed by atoms with Crippen LogP contribution in [0.15, 0.2) is 36.5 Å². The Labute approximate surface area is 104 Å². The van der Waals surface area contributed by atoms with Crippen LogP contribution in [0.2, 0.25) is 5.02 Å². The van der Waals surface area contributed by atoms with Crippen LogP contribution in [0.25, 0.3) is 0 Å². The van der Waals surface area contributed by atoms with Crippen molar-refractivity contribution in [2.75, 3.05) is 0 Å². The molecule has 0 radical (unpaired) electrons. The average Bonchev–Trinajstić information content (AvgIpc) is 2.36. The van der Waals surface area contributed by atoms with Gasteiger partial charge < -0.3 is 5.32 Å². The van der Waals surface area contributed by atoms with Gasteiger partial charge in [-0.3, -0.25) is 0 Å². The first-order chi connectivity index (χ1) is 8.27. The number of hydrogen-bond acceptors (Lipinski definition) is 3. The second kappa shape index (κ2) is 5.70. The first-order valence-corrected chi connectivity index (χ1v) is 5.55. The molecule has 3 nitrogen and oxygen atoms in total. The molecule has 0 amide bonds. The quantitative estimate of drug-likeness (QED) is 0.908. The first-order valence-electron chi connectivity index (χ1n) is 5.17. The Hall–Kier alpha value is -1.52. The monoisotopic (exact) mass is 251 g/mol. The fourth-order valence-electron chi connectivity index (χ4n) is 1.44. The Morgan fingerprint density at radius 3 is 2.82 bits per heavy atom. The van der Waals surface area contributed by atoms with Gasteiger partial charge >= 0.3 is 0 Å². The van der Waals surface area contributed by atoms with E-state index in [9.17, 15) is 4.39 Å². The van der Waals surface area contributed by atoms with Crippen LogP contribution in [-0.2, 0) is 13.1 Å². The average molecular weight is 252 g/mol. The molecule has 0 saturated heterocycles. The lowest BCUT2D eigenvalue weighted by Gasteiger charge is -2.06. The SMILES string of the molecule is Fc1c(Cl)cccc1CNCc1cccnn1. The second-order valence-corrected chi connectivity index (χ2v) is 3.94. The zero-order valence-corrected chi connectivity index (χ0v) is 9.78. The predicted molar refractivity (Wildman–Crippen MR) is 64.0 cm³/mol. The molecule has 0 aliphatic rings. The number of halogens is 2. The minimum atomic E-state index is -0.374. The maximum atomic E-state index is 13.5. The molecular weight excluding hydrogens is 241 g/mol. The van der Waals surface area contributed by atoms with Gasteiger partial charge in [-0.25, -0.2) is 4.39 Å². The molecule has 0 aliphatic carbocycles. The summed E-state index contributed by atoms with van der Waals surface area (Å²) in [4.78, 5) is 0. The summed E-state index contributed by atoms with van der Waals surface area (Å²) in [5, 5.41) is 10.9. The Kier molecular flexibility index (Phi) is 4.01. The molecule has 5 heteroatoms. The maximum absolute atomic E-state index is 13.5. The molecule has 1 aromatic carbocycles. The highest BCUT2D eigenvalue weighted by Gasteiger charge is 2.05. The summed E-state index contributed by atoms with van der Waals surface area (Å²) in [5.74, 6) is -0.374. The summed E-state index contributed by atoms with van der Waals surface area (Å²) in [5.41, 5.74) is 1.36. The summed E-state index contributed by atoms with van der Waals surface area (Å²) in [7, 11) is 0. The third-order valence-electron chi connectivity index (χ3n) is 2.28. The van der Waals surface area contributed by atoms with Crippen molar-refractivity contribution >= 4 is 11.6 Å². The van der Waals surface area contributed by atoms with Gasteiger partial charge in [0.15, 0.2) is 0 Å². The minimum Gasteiger partial charge on any atom is -0.307 e. The van der Waals surface area contributed by atoms with E-state index in [4.69, 9.17) is 11.6 Å². The second-order valence-electron chi connectivity index (χ2n) is 3.53. The van der Waals surface area contributed by atoms with Crippen LogP contribution in [-0.4, -0.2) is 10.2 Å². The van der Waals surface area contributed by atoms with Gasteiger partial charge in [-0.15, -0.1) is 0 Å². The van der Waals surface area contributed by atoms with Crippen molar-refractivity contribution in [2.45, 2.75) is 13.1 Å². The van der Waals surface area contributed by atoms with Crippen LogP contribution in [0.5, 0.6) is 0 Å². The maximum Gasteiger partial charge on any atom is 0.146 e. The first kappa shape index (κ1) is 12.0. The predicted octanol–water partition coefficient (Wildman–Crippen LogP) is 2.56. The fourth-order valence-corrected chi connectivity index (χ4v) is 1.63. The standard InChI is InChI=1S/C12H11ClFN3/c13-11-5-1-3-9(12(11)14)7-15-8-10-4-2-6-16-17-10/h1-6,15H,7-8H2. The van der Waals surface area contributed by atoms with Crippen molar-refractivity contribution in [1.82, 2.24) is 15.5 Å². The largest absolute Gasteiger partial charge is 0.307 e. The molecule has 2 aromatic rings. The van der Waals surface area contributed by atoms with E-state index in [-0.39, 0.29) is 10.8 Å². The van der Waals surface area contributed by atoms with Crippen LogP contribution in [0.4, 0.5) is 4.39 Å². The molecule has 0 bridgehead atoms. The van der Waals surface area contributed by atoms with Crippen LogP contribution >= 0.6 is 11.6 Å². The van der Waals surface area contributed by atoms with Gasteiger partial charge in [0.05, 0.1) is 10.7 Å². The summed E-state index contributed by atoms with van der Waals surface area (Å²) in [6, 6.07) is 8.62. The molecule has 1 aromatic heterocycles. The van der Waals surface area contributed by atoms with Gasteiger partial charge in [-0.05, 0) is 18.2 Å². The van der Waals surface area contributed by atoms with Crippen molar-refractivity contribution in [3.05, 3.63) is 58.6 Å². The Morgan fingerprint density at radius 2 is 2.06 bits per heavy atom. The van der Waals surface area contributed by atoms with E-state index in [2.05, 4.69) is 15.5 Å². The Bertz CT molecular complexity index is 490. The van der Waals surface area contributed by atoms with Crippen LogP contribution < -0.4 is 5.32 Å². The number of hydrogen-bond donors (Lipinski definition) is 1. The number of rotatable bonds is 4. The molecule has 0 aliphatic heterocycles. The zero-order chi connectivity index (χ0) is 12.1. The molecule has 0 atom stereocenters. The van der Waals surface area contributed by atoms with Crippen molar-refractivity contribution in [3.63, 3.8) is 0 Å². The summed E-state index contributed by atoms with van der Waals surface area (Å²) in [6.07, 6.45) is 1.61. The minimum absolute atomic E-state index is 0.142. The fraction of sp³-hybridized carbons (Fsp3) is 0.167. The number of aromatic nitrogens is 2. The number of nitrogens with one attached hydrogen (secondary N) is 1. The molecule has 0 spiro atoms. The Balaban J connectivity index is 1.93. The lowest BCUT2D eigenvalue weighted by Crippen LogP contribution is -2.14. The van der Waals surface area contributed by atoms with Gasteiger partial charge in [0.25, 0.3) is 0 Å². The highest BCUT2D eigenvalue weighted by Crippen LogP contribution is 2.17. The molecule has 88 valence electrons. The molecule has 0 saturated carbocycles. The highest BCUT2D eigenvalue weighted by atomic mass is 35.5. The number of benzene rings is 1. The third kappa shape index (κ3) is 3.22. The summed E-state index contributed by atoms with van der Waals surface area (Å²) >= 11 is 5.68.